The van der Waals surface area contributed by atoms with Crippen molar-refractivity contribution >= 4 is 11.0 Å². The molecule has 0 amide bonds. The standard InChI is InChI=1S/C11H11FN2O/c1-6-4-10-9(5-8(6)12)13-7(2)11(15)14(10)3/h4-5H,1-3H3. The molecule has 1 heterocycles. The average molecular weight is 206 g/mol. The summed E-state index contributed by atoms with van der Waals surface area (Å²) in [5.41, 5.74) is 1.92. The van der Waals surface area contributed by atoms with Gasteiger partial charge in [-0.25, -0.2) is 9.37 Å². The summed E-state index contributed by atoms with van der Waals surface area (Å²) in [6, 6.07) is 3.00. The van der Waals surface area contributed by atoms with Crippen molar-refractivity contribution in [2.24, 2.45) is 7.05 Å². The van der Waals surface area contributed by atoms with Gasteiger partial charge in [0.1, 0.15) is 11.5 Å². The Labute approximate surface area is 86.2 Å². The van der Waals surface area contributed by atoms with Crippen molar-refractivity contribution in [3.05, 3.63) is 39.6 Å². The molecule has 0 bridgehead atoms. The van der Waals surface area contributed by atoms with Gasteiger partial charge in [0.25, 0.3) is 5.56 Å². The Morgan fingerprint density at radius 3 is 2.67 bits per heavy atom. The number of halogens is 1. The highest BCUT2D eigenvalue weighted by molar-refractivity contribution is 5.75. The van der Waals surface area contributed by atoms with E-state index in [0.717, 1.165) is 0 Å². The van der Waals surface area contributed by atoms with Crippen LogP contribution in [0.1, 0.15) is 11.3 Å². The molecule has 0 saturated heterocycles. The van der Waals surface area contributed by atoms with Gasteiger partial charge in [-0.1, -0.05) is 0 Å². The van der Waals surface area contributed by atoms with Gasteiger partial charge in [-0.3, -0.25) is 4.79 Å². The van der Waals surface area contributed by atoms with Crippen LogP contribution in [0.4, 0.5) is 4.39 Å². The normalized spacial score (nSPS) is 10.9. The van der Waals surface area contributed by atoms with E-state index >= 15 is 0 Å². The fourth-order valence-corrected chi connectivity index (χ4v) is 1.59. The van der Waals surface area contributed by atoms with Crippen LogP contribution in [-0.4, -0.2) is 9.55 Å². The molecule has 4 heteroatoms. The SMILES string of the molecule is Cc1cc2c(cc1F)nc(C)c(=O)n2C. The fraction of sp³-hybridized carbons (Fsp3) is 0.273. The second kappa shape index (κ2) is 3.15. The first-order valence-electron chi connectivity index (χ1n) is 4.64. The van der Waals surface area contributed by atoms with Crippen LogP contribution in [0, 0.1) is 19.7 Å². The predicted molar refractivity (Wildman–Crippen MR) is 56.4 cm³/mol. The van der Waals surface area contributed by atoms with E-state index in [4.69, 9.17) is 0 Å². The summed E-state index contributed by atoms with van der Waals surface area (Å²) in [6.45, 7) is 3.29. The lowest BCUT2D eigenvalue weighted by Crippen LogP contribution is -2.21. The third-order valence-electron chi connectivity index (χ3n) is 2.52. The summed E-state index contributed by atoms with van der Waals surface area (Å²) in [5, 5.41) is 0. The van der Waals surface area contributed by atoms with Crippen molar-refractivity contribution in [2.45, 2.75) is 13.8 Å². The number of aromatic nitrogens is 2. The number of hydrogen-bond donors (Lipinski definition) is 0. The van der Waals surface area contributed by atoms with Crippen molar-refractivity contribution in [3.63, 3.8) is 0 Å². The second-order valence-corrected chi connectivity index (χ2v) is 3.65. The lowest BCUT2D eigenvalue weighted by Gasteiger charge is -2.06. The summed E-state index contributed by atoms with van der Waals surface area (Å²) in [4.78, 5) is 15.7. The summed E-state index contributed by atoms with van der Waals surface area (Å²) >= 11 is 0. The van der Waals surface area contributed by atoms with E-state index in [0.29, 0.717) is 22.3 Å². The van der Waals surface area contributed by atoms with Crippen molar-refractivity contribution in [3.8, 4) is 0 Å². The van der Waals surface area contributed by atoms with Crippen LogP contribution in [0.5, 0.6) is 0 Å². The molecule has 2 rings (SSSR count). The predicted octanol–water partition coefficient (Wildman–Crippen LogP) is 1.69. The van der Waals surface area contributed by atoms with Crippen LogP contribution in [0.25, 0.3) is 11.0 Å². The molecule has 2 aromatic rings. The maximum absolute atomic E-state index is 13.3. The topological polar surface area (TPSA) is 34.9 Å². The minimum absolute atomic E-state index is 0.145. The van der Waals surface area contributed by atoms with Gasteiger partial charge in [-0.2, -0.15) is 0 Å². The summed E-state index contributed by atoms with van der Waals surface area (Å²) < 4.78 is 14.8. The molecule has 78 valence electrons. The fourth-order valence-electron chi connectivity index (χ4n) is 1.59. The third kappa shape index (κ3) is 1.42. The maximum Gasteiger partial charge on any atom is 0.272 e. The Kier molecular flexibility index (Phi) is 2.07. The van der Waals surface area contributed by atoms with E-state index in [1.54, 1.807) is 27.0 Å². The van der Waals surface area contributed by atoms with Crippen molar-refractivity contribution in [1.82, 2.24) is 9.55 Å². The Hall–Kier alpha value is -1.71. The average Bonchev–Trinajstić information content (AvgIpc) is 2.19. The molecule has 0 N–H and O–H groups in total. The molecule has 0 spiro atoms. The number of benzene rings is 1. The van der Waals surface area contributed by atoms with E-state index in [9.17, 15) is 9.18 Å². The van der Waals surface area contributed by atoms with Gasteiger partial charge in [0.15, 0.2) is 0 Å². The molecule has 0 radical (unpaired) electrons. The lowest BCUT2D eigenvalue weighted by atomic mass is 10.2. The van der Waals surface area contributed by atoms with E-state index in [1.807, 2.05) is 0 Å². The molecule has 1 aromatic heterocycles. The zero-order valence-electron chi connectivity index (χ0n) is 8.84. The van der Waals surface area contributed by atoms with E-state index in [-0.39, 0.29) is 11.4 Å². The molecule has 0 fully saturated rings. The monoisotopic (exact) mass is 206 g/mol. The first kappa shape index (κ1) is 9.83. The number of fused-ring (bicyclic) bond motifs is 1. The Bertz CT molecular complexity index is 602. The minimum atomic E-state index is -0.298. The van der Waals surface area contributed by atoms with Gasteiger partial charge in [0, 0.05) is 13.1 Å². The molecule has 15 heavy (non-hydrogen) atoms. The molecule has 0 unspecified atom stereocenters. The number of aryl methyl sites for hydroxylation is 3. The highest BCUT2D eigenvalue weighted by Gasteiger charge is 2.07. The van der Waals surface area contributed by atoms with E-state index < -0.39 is 0 Å². The number of rotatable bonds is 0. The van der Waals surface area contributed by atoms with Gasteiger partial charge in [-0.15, -0.1) is 0 Å². The zero-order chi connectivity index (χ0) is 11.2. The Morgan fingerprint density at radius 1 is 1.33 bits per heavy atom. The van der Waals surface area contributed by atoms with Gasteiger partial charge in [0.2, 0.25) is 0 Å². The molecule has 0 atom stereocenters. The molecule has 0 aliphatic carbocycles. The van der Waals surface area contributed by atoms with Crippen LogP contribution in [0.2, 0.25) is 0 Å². The summed E-state index contributed by atoms with van der Waals surface area (Å²) in [5.74, 6) is -0.298. The third-order valence-corrected chi connectivity index (χ3v) is 2.52. The second-order valence-electron chi connectivity index (χ2n) is 3.65. The molecule has 0 aliphatic rings. The highest BCUT2D eigenvalue weighted by atomic mass is 19.1. The van der Waals surface area contributed by atoms with E-state index in [1.165, 1.54) is 10.6 Å². The summed E-state index contributed by atoms with van der Waals surface area (Å²) in [6.07, 6.45) is 0. The van der Waals surface area contributed by atoms with Crippen LogP contribution >= 0.6 is 0 Å². The quantitative estimate of drug-likeness (QED) is 0.657. The van der Waals surface area contributed by atoms with Crippen LogP contribution < -0.4 is 5.56 Å². The molecule has 3 nitrogen and oxygen atoms in total. The minimum Gasteiger partial charge on any atom is -0.308 e. The Morgan fingerprint density at radius 2 is 2.00 bits per heavy atom. The van der Waals surface area contributed by atoms with Crippen molar-refractivity contribution < 1.29 is 4.39 Å². The van der Waals surface area contributed by atoms with Gasteiger partial charge < -0.3 is 4.57 Å². The molecule has 0 aliphatic heterocycles. The van der Waals surface area contributed by atoms with Crippen LogP contribution in [0.3, 0.4) is 0 Å². The van der Waals surface area contributed by atoms with Gasteiger partial charge in [0.05, 0.1) is 11.0 Å². The van der Waals surface area contributed by atoms with Gasteiger partial charge >= 0.3 is 0 Å². The molecular formula is C11H11FN2O. The first-order chi connectivity index (χ1) is 7.00. The highest BCUT2D eigenvalue weighted by Crippen LogP contribution is 2.15. The van der Waals surface area contributed by atoms with Crippen LogP contribution in [-0.2, 0) is 7.05 Å². The number of hydrogen-bond acceptors (Lipinski definition) is 2. The Balaban J connectivity index is 3.00. The van der Waals surface area contributed by atoms with Crippen molar-refractivity contribution in [1.29, 1.82) is 0 Å². The summed E-state index contributed by atoms with van der Waals surface area (Å²) in [7, 11) is 1.66. The molecule has 1 aromatic carbocycles. The van der Waals surface area contributed by atoms with Crippen molar-refractivity contribution in [2.75, 3.05) is 0 Å². The smallest absolute Gasteiger partial charge is 0.272 e. The zero-order valence-corrected chi connectivity index (χ0v) is 8.84. The maximum atomic E-state index is 13.3. The van der Waals surface area contributed by atoms with Crippen LogP contribution in [0.15, 0.2) is 16.9 Å². The lowest BCUT2D eigenvalue weighted by molar-refractivity contribution is 0.619. The van der Waals surface area contributed by atoms with E-state index in [2.05, 4.69) is 4.98 Å². The molecule has 0 saturated carbocycles. The van der Waals surface area contributed by atoms with Gasteiger partial charge in [-0.05, 0) is 25.5 Å². The first-order valence-corrected chi connectivity index (χ1v) is 4.64. The molecular weight excluding hydrogens is 195 g/mol. The largest absolute Gasteiger partial charge is 0.308 e. The number of nitrogens with zero attached hydrogens (tertiary/aromatic N) is 2.